The first-order chi connectivity index (χ1) is 10.5. The zero-order valence-corrected chi connectivity index (χ0v) is 12.8. The number of fused-ring (bicyclic) bond motifs is 1. The number of para-hydroxylation sites is 2. The molecule has 22 heavy (non-hydrogen) atoms. The lowest BCUT2D eigenvalue weighted by Gasteiger charge is -2.25. The third-order valence-corrected chi connectivity index (χ3v) is 3.53. The van der Waals surface area contributed by atoms with Crippen LogP contribution >= 0.6 is 0 Å². The van der Waals surface area contributed by atoms with Crippen molar-refractivity contribution in [2.75, 3.05) is 6.54 Å². The summed E-state index contributed by atoms with van der Waals surface area (Å²) in [6.07, 6.45) is 0.506. The predicted octanol–water partition coefficient (Wildman–Crippen LogP) is 2.14. The molecule has 2 rings (SSSR count). The van der Waals surface area contributed by atoms with E-state index in [1.54, 1.807) is 23.1 Å². The molecule has 0 aliphatic carbocycles. The Morgan fingerprint density at radius 2 is 2.14 bits per heavy atom. The summed E-state index contributed by atoms with van der Waals surface area (Å²) in [4.78, 5) is 25.8. The van der Waals surface area contributed by atoms with E-state index in [0.717, 1.165) is 0 Å². The number of amides is 1. The third-order valence-electron chi connectivity index (χ3n) is 3.53. The second kappa shape index (κ2) is 6.94. The number of hydrogen-bond acceptors (Lipinski definition) is 4. The van der Waals surface area contributed by atoms with Crippen molar-refractivity contribution < 1.29 is 9.21 Å². The van der Waals surface area contributed by atoms with Crippen LogP contribution in [0.5, 0.6) is 0 Å². The number of benzene rings is 1. The van der Waals surface area contributed by atoms with Crippen molar-refractivity contribution in [1.82, 2.24) is 9.47 Å². The molecule has 0 saturated carbocycles. The molecule has 1 heterocycles. The third kappa shape index (κ3) is 3.37. The molecule has 1 aromatic carbocycles. The minimum atomic E-state index is -0.456. The van der Waals surface area contributed by atoms with Crippen molar-refractivity contribution in [2.45, 2.75) is 39.3 Å². The van der Waals surface area contributed by atoms with Gasteiger partial charge in [-0.3, -0.25) is 9.36 Å². The average Bonchev–Trinajstić information content (AvgIpc) is 2.80. The maximum atomic E-state index is 12.3. The van der Waals surface area contributed by atoms with E-state index in [9.17, 15) is 9.59 Å². The summed E-state index contributed by atoms with van der Waals surface area (Å²) < 4.78 is 6.61. The molecule has 0 N–H and O–H groups in total. The van der Waals surface area contributed by atoms with Crippen LogP contribution in [0.3, 0.4) is 0 Å². The molecule has 0 fully saturated rings. The summed E-state index contributed by atoms with van der Waals surface area (Å²) in [6, 6.07) is 9.21. The Bertz CT molecular complexity index is 752. The second-order valence-electron chi connectivity index (χ2n) is 5.33. The van der Waals surface area contributed by atoms with E-state index in [1.807, 2.05) is 26.0 Å². The molecule has 0 saturated heterocycles. The van der Waals surface area contributed by atoms with Gasteiger partial charge in [0.1, 0.15) is 0 Å². The van der Waals surface area contributed by atoms with Crippen molar-refractivity contribution in [3.05, 3.63) is 34.8 Å². The van der Waals surface area contributed by atoms with Gasteiger partial charge in [0.05, 0.1) is 18.0 Å². The van der Waals surface area contributed by atoms with Gasteiger partial charge >= 0.3 is 5.76 Å². The number of rotatable bonds is 6. The lowest BCUT2D eigenvalue weighted by atomic mass is 10.2. The molecule has 6 nitrogen and oxygen atoms in total. The number of carbonyl (C=O) groups excluding carboxylic acids is 1. The zero-order valence-electron chi connectivity index (χ0n) is 12.8. The van der Waals surface area contributed by atoms with Gasteiger partial charge in [-0.25, -0.2) is 4.79 Å². The van der Waals surface area contributed by atoms with Gasteiger partial charge in [-0.1, -0.05) is 12.1 Å². The first-order valence-corrected chi connectivity index (χ1v) is 7.29. The number of oxazole rings is 1. The van der Waals surface area contributed by atoms with Gasteiger partial charge in [-0.2, -0.15) is 5.26 Å². The minimum absolute atomic E-state index is 0.0265. The lowest BCUT2D eigenvalue weighted by Crippen LogP contribution is -2.38. The highest BCUT2D eigenvalue weighted by molar-refractivity contribution is 5.77. The summed E-state index contributed by atoms with van der Waals surface area (Å²) in [5.74, 6) is -0.524. The standard InChI is InChI=1S/C16H19N3O3/c1-12(2)18(10-5-9-17)15(20)8-11-19-13-6-3-4-7-14(13)22-16(19)21/h3-4,6-7,12H,5,8,10-11H2,1-2H3. The quantitative estimate of drug-likeness (QED) is 0.818. The molecule has 0 unspecified atom stereocenters. The fourth-order valence-corrected chi connectivity index (χ4v) is 2.42. The Kier molecular flexibility index (Phi) is 4.99. The molecule has 0 radical (unpaired) electrons. The van der Waals surface area contributed by atoms with Crippen LogP contribution < -0.4 is 5.76 Å². The SMILES string of the molecule is CC(C)N(CCC#N)C(=O)CCn1c(=O)oc2ccccc21. The van der Waals surface area contributed by atoms with Gasteiger partial charge in [0.15, 0.2) is 5.58 Å². The molecule has 2 aromatic rings. The fraction of sp³-hybridized carbons (Fsp3) is 0.438. The molecular weight excluding hydrogens is 282 g/mol. The van der Waals surface area contributed by atoms with Crippen LogP contribution in [-0.4, -0.2) is 28.0 Å². The van der Waals surface area contributed by atoms with E-state index >= 15 is 0 Å². The van der Waals surface area contributed by atoms with Gasteiger partial charge in [-0.15, -0.1) is 0 Å². The smallest absolute Gasteiger partial charge is 0.408 e. The summed E-state index contributed by atoms with van der Waals surface area (Å²) in [5.41, 5.74) is 1.21. The van der Waals surface area contributed by atoms with Crippen molar-refractivity contribution in [3.63, 3.8) is 0 Å². The van der Waals surface area contributed by atoms with Crippen LogP contribution in [0.25, 0.3) is 11.1 Å². The summed E-state index contributed by atoms with van der Waals surface area (Å²) in [5, 5.41) is 8.67. The van der Waals surface area contributed by atoms with Gasteiger partial charge < -0.3 is 9.32 Å². The van der Waals surface area contributed by atoms with Crippen LogP contribution in [0, 0.1) is 11.3 Å². The molecule has 6 heteroatoms. The summed E-state index contributed by atoms with van der Waals surface area (Å²) in [7, 11) is 0. The van der Waals surface area contributed by atoms with Crippen molar-refractivity contribution in [3.8, 4) is 6.07 Å². The molecule has 0 atom stereocenters. The number of hydrogen-bond donors (Lipinski definition) is 0. The van der Waals surface area contributed by atoms with E-state index in [0.29, 0.717) is 24.1 Å². The van der Waals surface area contributed by atoms with Crippen molar-refractivity contribution >= 4 is 17.0 Å². The topological polar surface area (TPSA) is 79.2 Å². The highest BCUT2D eigenvalue weighted by Crippen LogP contribution is 2.13. The van der Waals surface area contributed by atoms with E-state index in [1.165, 1.54) is 4.57 Å². The van der Waals surface area contributed by atoms with Gasteiger partial charge in [0, 0.05) is 25.6 Å². The number of aryl methyl sites for hydroxylation is 1. The van der Waals surface area contributed by atoms with Crippen LogP contribution in [0.2, 0.25) is 0 Å². The number of aromatic nitrogens is 1. The van der Waals surface area contributed by atoms with Crippen LogP contribution in [-0.2, 0) is 11.3 Å². The first-order valence-electron chi connectivity index (χ1n) is 7.29. The average molecular weight is 301 g/mol. The minimum Gasteiger partial charge on any atom is -0.408 e. The van der Waals surface area contributed by atoms with E-state index in [2.05, 4.69) is 0 Å². The van der Waals surface area contributed by atoms with Crippen LogP contribution in [0.1, 0.15) is 26.7 Å². The fourth-order valence-electron chi connectivity index (χ4n) is 2.42. The van der Waals surface area contributed by atoms with Crippen LogP contribution in [0.15, 0.2) is 33.5 Å². The van der Waals surface area contributed by atoms with E-state index in [4.69, 9.17) is 9.68 Å². The molecule has 0 bridgehead atoms. The largest absolute Gasteiger partial charge is 0.419 e. The number of carbonyl (C=O) groups is 1. The van der Waals surface area contributed by atoms with Gasteiger partial charge in [-0.05, 0) is 26.0 Å². The Morgan fingerprint density at radius 3 is 2.82 bits per heavy atom. The van der Waals surface area contributed by atoms with Gasteiger partial charge in [0.25, 0.3) is 0 Å². The van der Waals surface area contributed by atoms with Crippen molar-refractivity contribution in [1.29, 1.82) is 5.26 Å². The highest BCUT2D eigenvalue weighted by Gasteiger charge is 2.17. The highest BCUT2D eigenvalue weighted by atomic mass is 16.4. The Labute approximate surface area is 128 Å². The molecule has 1 amide bonds. The Morgan fingerprint density at radius 1 is 1.41 bits per heavy atom. The normalized spacial score (nSPS) is 10.8. The molecule has 116 valence electrons. The molecule has 0 aliphatic rings. The summed E-state index contributed by atoms with van der Waals surface area (Å²) >= 11 is 0. The predicted molar refractivity (Wildman–Crippen MR) is 82.2 cm³/mol. The van der Waals surface area contributed by atoms with Crippen LogP contribution in [0.4, 0.5) is 0 Å². The Hall–Kier alpha value is -2.55. The molecular formula is C16H19N3O3. The monoisotopic (exact) mass is 301 g/mol. The molecule has 1 aromatic heterocycles. The number of nitriles is 1. The van der Waals surface area contributed by atoms with Crippen molar-refractivity contribution in [2.24, 2.45) is 0 Å². The second-order valence-corrected chi connectivity index (χ2v) is 5.33. The lowest BCUT2D eigenvalue weighted by molar-refractivity contribution is -0.133. The van der Waals surface area contributed by atoms with Gasteiger partial charge in [0.2, 0.25) is 5.91 Å². The first kappa shape index (κ1) is 15.8. The summed E-state index contributed by atoms with van der Waals surface area (Å²) in [6.45, 7) is 4.50. The number of nitrogens with zero attached hydrogens (tertiary/aromatic N) is 3. The molecule has 0 aliphatic heterocycles. The van der Waals surface area contributed by atoms with E-state index in [-0.39, 0.29) is 24.9 Å². The van der Waals surface area contributed by atoms with E-state index < -0.39 is 5.76 Å². The maximum Gasteiger partial charge on any atom is 0.419 e. The zero-order chi connectivity index (χ0) is 16.1. The maximum absolute atomic E-state index is 12.3. The Balaban J connectivity index is 2.11. The molecule has 0 spiro atoms.